The van der Waals surface area contributed by atoms with Crippen molar-refractivity contribution in [3.63, 3.8) is 0 Å². The number of aryl methyl sites for hydroxylation is 1. The lowest BCUT2D eigenvalue weighted by molar-refractivity contribution is -0.0463. The maximum atomic E-state index is 5.87. The van der Waals surface area contributed by atoms with E-state index in [1.54, 1.807) is 0 Å². The summed E-state index contributed by atoms with van der Waals surface area (Å²) >= 11 is 0. The van der Waals surface area contributed by atoms with Crippen LogP contribution in [0.1, 0.15) is 19.0 Å². The van der Waals surface area contributed by atoms with Gasteiger partial charge in [-0.1, -0.05) is 6.92 Å². The number of aromatic nitrogens is 2. The van der Waals surface area contributed by atoms with E-state index in [4.69, 9.17) is 10.6 Å². The van der Waals surface area contributed by atoms with Crippen LogP contribution in [0.5, 0.6) is 0 Å². The highest BCUT2D eigenvalue weighted by molar-refractivity contribution is 5.02. The SMILES string of the molecule is CCCN1CCOC(C(Cc2ccn(C)n2)NN)C1. The molecule has 1 fully saturated rings. The summed E-state index contributed by atoms with van der Waals surface area (Å²) < 4.78 is 7.68. The Morgan fingerprint density at radius 2 is 2.47 bits per heavy atom. The van der Waals surface area contributed by atoms with Crippen molar-refractivity contribution in [2.24, 2.45) is 12.9 Å². The summed E-state index contributed by atoms with van der Waals surface area (Å²) in [5, 5.41) is 4.40. The number of nitrogens with one attached hydrogen (secondary N) is 1. The van der Waals surface area contributed by atoms with Crippen LogP contribution in [0, 0.1) is 0 Å². The Balaban J connectivity index is 1.92. The molecule has 6 heteroatoms. The molecule has 3 N–H and O–H groups in total. The van der Waals surface area contributed by atoms with Crippen LogP contribution in [0.25, 0.3) is 0 Å². The van der Waals surface area contributed by atoms with Crippen molar-refractivity contribution in [2.75, 3.05) is 26.2 Å². The maximum absolute atomic E-state index is 5.87. The third kappa shape index (κ3) is 4.01. The fourth-order valence-electron chi connectivity index (χ4n) is 2.59. The van der Waals surface area contributed by atoms with E-state index in [0.717, 1.165) is 38.4 Å². The first-order chi connectivity index (χ1) is 9.22. The highest BCUT2D eigenvalue weighted by atomic mass is 16.5. The van der Waals surface area contributed by atoms with Crippen molar-refractivity contribution >= 4 is 0 Å². The summed E-state index contributed by atoms with van der Waals surface area (Å²) in [6.45, 7) is 6.07. The van der Waals surface area contributed by atoms with Crippen LogP contribution in [-0.2, 0) is 18.2 Å². The zero-order valence-electron chi connectivity index (χ0n) is 11.9. The minimum atomic E-state index is 0.106. The van der Waals surface area contributed by atoms with Gasteiger partial charge in [-0.25, -0.2) is 0 Å². The van der Waals surface area contributed by atoms with Gasteiger partial charge in [0.25, 0.3) is 0 Å². The molecule has 1 aliphatic heterocycles. The van der Waals surface area contributed by atoms with E-state index in [-0.39, 0.29) is 12.1 Å². The second-order valence-corrected chi connectivity index (χ2v) is 5.17. The van der Waals surface area contributed by atoms with Crippen LogP contribution >= 0.6 is 0 Å². The van der Waals surface area contributed by atoms with Gasteiger partial charge in [0.1, 0.15) is 0 Å². The lowest BCUT2D eigenvalue weighted by Gasteiger charge is -2.36. The third-order valence-electron chi connectivity index (χ3n) is 3.58. The highest BCUT2D eigenvalue weighted by Crippen LogP contribution is 2.12. The average Bonchev–Trinajstić information content (AvgIpc) is 2.82. The van der Waals surface area contributed by atoms with Gasteiger partial charge < -0.3 is 4.74 Å². The van der Waals surface area contributed by atoms with E-state index < -0.39 is 0 Å². The standard InChI is InChI=1S/C13H25N5O/c1-3-5-18-7-8-19-13(10-18)12(15-14)9-11-4-6-17(2)16-11/h4,6,12-13,15H,3,5,7-10,14H2,1-2H3. The normalized spacial score (nSPS) is 22.6. The second kappa shape index (κ2) is 7.00. The number of hydrazine groups is 1. The van der Waals surface area contributed by atoms with Crippen molar-refractivity contribution in [2.45, 2.75) is 31.9 Å². The number of nitrogens with zero attached hydrogens (tertiary/aromatic N) is 3. The van der Waals surface area contributed by atoms with Gasteiger partial charge in [0.05, 0.1) is 24.4 Å². The minimum Gasteiger partial charge on any atom is -0.374 e. The number of nitrogens with two attached hydrogens (primary N) is 1. The van der Waals surface area contributed by atoms with Crippen LogP contribution < -0.4 is 11.3 Å². The van der Waals surface area contributed by atoms with Crippen LogP contribution in [0.3, 0.4) is 0 Å². The minimum absolute atomic E-state index is 0.106. The molecule has 0 saturated carbocycles. The number of morpholine rings is 1. The molecule has 19 heavy (non-hydrogen) atoms. The molecule has 0 spiro atoms. The molecule has 0 aliphatic carbocycles. The summed E-state index contributed by atoms with van der Waals surface area (Å²) in [7, 11) is 1.93. The zero-order valence-corrected chi connectivity index (χ0v) is 11.9. The molecular weight excluding hydrogens is 242 g/mol. The van der Waals surface area contributed by atoms with Gasteiger partial charge in [0.15, 0.2) is 0 Å². The molecule has 2 unspecified atom stereocenters. The molecule has 1 aromatic heterocycles. The Labute approximate surface area is 114 Å². The van der Waals surface area contributed by atoms with E-state index in [2.05, 4.69) is 22.3 Å². The molecule has 1 aromatic rings. The summed E-state index contributed by atoms with van der Waals surface area (Å²) in [5.41, 5.74) is 3.93. The molecular formula is C13H25N5O. The molecule has 2 rings (SSSR count). The van der Waals surface area contributed by atoms with Crippen LogP contribution in [0.2, 0.25) is 0 Å². The molecule has 2 heterocycles. The largest absolute Gasteiger partial charge is 0.374 e. The van der Waals surface area contributed by atoms with E-state index in [1.165, 1.54) is 6.42 Å². The lowest BCUT2D eigenvalue weighted by Crippen LogP contribution is -2.54. The summed E-state index contributed by atoms with van der Waals surface area (Å²) in [6, 6.07) is 2.13. The molecule has 0 bridgehead atoms. The average molecular weight is 267 g/mol. The van der Waals surface area contributed by atoms with Gasteiger partial charge in [-0.15, -0.1) is 0 Å². The number of ether oxygens (including phenoxy) is 1. The fraction of sp³-hybridized carbons (Fsp3) is 0.769. The number of hydrogen-bond acceptors (Lipinski definition) is 5. The van der Waals surface area contributed by atoms with E-state index in [0.29, 0.717) is 0 Å². The lowest BCUT2D eigenvalue weighted by atomic mass is 10.0. The number of hydrogen-bond donors (Lipinski definition) is 2. The van der Waals surface area contributed by atoms with Gasteiger partial charge >= 0.3 is 0 Å². The van der Waals surface area contributed by atoms with Crippen molar-refractivity contribution in [1.29, 1.82) is 0 Å². The Hall–Kier alpha value is -0.950. The molecule has 6 nitrogen and oxygen atoms in total. The summed E-state index contributed by atoms with van der Waals surface area (Å²) in [6.07, 6.45) is 4.05. The van der Waals surface area contributed by atoms with Crippen LogP contribution in [0.15, 0.2) is 12.3 Å². The van der Waals surface area contributed by atoms with Crippen LogP contribution in [-0.4, -0.2) is 53.1 Å². The van der Waals surface area contributed by atoms with Gasteiger partial charge in [0, 0.05) is 32.8 Å². The maximum Gasteiger partial charge on any atom is 0.0872 e. The van der Waals surface area contributed by atoms with Crippen molar-refractivity contribution < 1.29 is 4.74 Å². The van der Waals surface area contributed by atoms with Crippen molar-refractivity contribution in [1.82, 2.24) is 20.1 Å². The Morgan fingerprint density at radius 3 is 3.11 bits per heavy atom. The summed E-state index contributed by atoms with van der Waals surface area (Å²) in [4.78, 5) is 2.44. The smallest absolute Gasteiger partial charge is 0.0872 e. The molecule has 108 valence electrons. The first kappa shape index (κ1) is 14.5. The fourth-order valence-corrected chi connectivity index (χ4v) is 2.59. The zero-order chi connectivity index (χ0) is 13.7. The Morgan fingerprint density at radius 1 is 1.63 bits per heavy atom. The van der Waals surface area contributed by atoms with Gasteiger partial charge in [-0.05, 0) is 19.0 Å². The van der Waals surface area contributed by atoms with E-state index in [9.17, 15) is 0 Å². The topological polar surface area (TPSA) is 68.3 Å². The summed E-state index contributed by atoms with van der Waals surface area (Å²) in [5.74, 6) is 5.69. The first-order valence-corrected chi connectivity index (χ1v) is 7.01. The highest BCUT2D eigenvalue weighted by Gasteiger charge is 2.27. The quantitative estimate of drug-likeness (QED) is 0.557. The predicted octanol–water partition coefficient (Wildman–Crippen LogP) is -0.0947. The molecule has 1 aliphatic rings. The van der Waals surface area contributed by atoms with Crippen LogP contribution in [0.4, 0.5) is 0 Å². The second-order valence-electron chi connectivity index (χ2n) is 5.17. The monoisotopic (exact) mass is 267 g/mol. The third-order valence-corrected chi connectivity index (χ3v) is 3.58. The van der Waals surface area contributed by atoms with E-state index in [1.807, 2.05) is 24.0 Å². The number of rotatable bonds is 6. The predicted molar refractivity (Wildman–Crippen MR) is 74.5 cm³/mol. The Kier molecular flexibility index (Phi) is 5.33. The van der Waals surface area contributed by atoms with Crippen molar-refractivity contribution in [3.05, 3.63) is 18.0 Å². The molecule has 1 saturated heterocycles. The van der Waals surface area contributed by atoms with Gasteiger partial charge in [-0.2, -0.15) is 5.10 Å². The first-order valence-electron chi connectivity index (χ1n) is 7.01. The van der Waals surface area contributed by atoms with Crippen molar-refractivity contribution in [3.8, 4) is 0 Å². The molecule has 0 amide bonds. The Bertz CT molecular complexity index is 379. The van der Waals surface area contributed by atoms with Gasteiger partial charge in [-0.3, -0.25) is 20.9 Å². The van der Waals surface area contributed by atoms with E-state index >= 15 is 0 Å². The molecule has 0 radical (unpaired) electrons. The molecule has 0 aromatic carbocycles. The van der Waals surface area contributed by atoms with Gasteiger partial charge in [0.2, 0.25) is 0 Å². The molecule has 2 atom stereocenters.